The van der Waals surface area contributed by atoms with Crippen LogP contribution in [0.4, 0.5) is 9.59 Å². The van der Waals surface area contributed by atoms with Gasteiger partial charge < -0.3 is 9.64 Å². The van der Waals surface area contributed by atoms with E-state index in [0.717, 1.165) is 4.90 Å². The molecule has 2 bridgehead atoms. The molecule has 25 heavy (non-hydrogen) atoms. The van der Waals surface area contributed by atoms with Crippen LogP contribution in [0.15, 0.2) is 0 Å². The summed E-state index contributed by atoms with van der Waals surface area (Å²) in [6.07, 6.45) is -0.357. The van der Waals surface area contributed by atoms with E-state index in [1.165, 1.54) is 0 Å². The van der Waals surface area contributed by atoms with Crippen molar-refractivity contribution in [3.05, 3.63) is 0 Å². The van der Waals surface area contributed by atoms with Gasteiger partial charge in [0.1, 0.15) is 11.6 Å². The Hall–Kier alpha value is -2.12. The van der Waals surface area contributed by atoms with Crippen molar-refractivity contribution in [2.24, 2.45) is 0 Å². The Kier molecular flexibility index (Phi) is 5.11. The highest BCUT2D eigenvalue weighted by Gasteiger charge is 2.49. The summed E-state index contributed by atoms with van der Waals surface area (Å²) in [5, 5.41) is 0.532. The number of nitrogens with one attached hydrogen (secondary N) is 2. The number of fused-ring (bicyclic) bond motifs is 2. The zero-order valence-electron chi connectivity index (χ0n) is 13.9. The van der Waals surface area contributed by atoms with Crippen molar-refractivity contribution >= 4 is 28.4 Å². The Bertz CT molecular complexity index is 673. The Morgan fingerprint density at radius 1 is 1.24 bits per heavy atom. The molecule has 3 N–H and O–H groups in total. The van der Waals surface area contributed by atoms with Crippen molar-refractivity contribution in [1.29, 1.82) is 0 Å². The van der Waals surface area contributed by atoms with Crippen LogP contribution in [0.5, 0.6) is 0 Å². The van der Waals surface area contributed by atoms with E-state index in [4.69, 9.17) is 9.29 Å². The number of amides is 4. The highest BCUT2D eigenvalue weighted by molar-refractivity contribution is 7.80. The smallest absolute Gasteiger partial charge is 0.426 e. The van der Waals surface area contributed by atoms with Crippen LogP contribution in [0, 0.1) is 0 Å². The van der Waals surface area contributed by atoms with Crippen LogP contribution in [0.3, 0.4) is 0 Å². The molecule has 0 aliphatic carbocycles. The van der Waals surface area contributed by atoms with Gasteiger partial charge in [-0.15, -0.1) is 4.28 Å². The predicted octanol–water partition coefficient (Wildman–Crippen LogP) is -0.455. The summed E-state index contributed by atoms with van der Waals surface area (Å²) in [4.78, 5) is 37.0. The second kappa shape index (κ2) is 6.65. The molecule has 0 unspecified atom stereocenters. The first kappa shape index (κ1) is 19.2. The van der Waals surface area contributed by atoms with E-state index in [1.54, 1.807) is 20.8 Å². The lowest BCUT2D eigenvalue weighted by Gasteiger charge is -2.29. The molecule has 142 valence electrons. The summed E-state index contributed by atoms with van der Waals surface area (Å²) >= 11 is 0. The molecule has 2 aliphatic heterocycles. The Labute approximate surface area is 144 Å². The summed E-state index contributed by atoms with van der Waals surface area (Å²) in [7, 11) is -4.85. The van der Waals surface area contributed by atoms with Gasteiger partial charge >= 0.3 is 22.5 Å². The number of hydroxylamine groups is 2. The van der Waals surface area contributed by atoms with Gasteiger partial charge in [-0.25, -0.2) is 15.0 Å². The van der Waals surface area contributed by atoms with E-state index < -0.39 is 46.1 Å². The number of urea groups is 1. The topological polar surface area (TPSA) is 155 Å². The minimum atomic E-state index is -4.85. The fraction of sp³-hybridized carbons (Fsp3) is 0.750. The first-order valence-corrected chi connectivity index (χ1v) is 8.79. The monoisotopic (exact) mass is 380 g/mol. The summed E-state index contributed by atoms with van der Waals surface area (Å²) in [5.41, 5.74) is 3.49. The molecule has 2 rings (SSSR count). The van der Waals surface area contributed by atoms with E-state index in [9.17, 15) is 22.8 Å². The van der Waals surface area contributed by atoms with E-state index in [2.05, 4.69) is 15.1 Å². The van der Waals surface area contributed by atoms with Crippen LogP contribution in [0.2, 0.25) is 0 Å². The van der Waals surface area contributed by atoms with Crippen molar-refractivity contribution in [3.8, 4) is 0 Å². The lowest BCUT2D eigenvalue weighted by atomic mass is 10.0. The van der Waals surface area contributed by atoms with Crippen LogP contribution in [-0.2, 0) is 24.2 Å². The fourth-order valence-corrected chi connectivity index (χ4v) is 2.99. The number of rotatable bonds is 3. The lowest BCUT2D eigenvalue weighted by Crippen LogP contribution is -2.54. The second-order valence-electron chi connectivity index (χ2n) is 6.63. The van der Waals surface area contributed by atoms with Gasteiger partial charge in [0.2, 0.25) is 0 Å². The molecule has 0 saturated carbocycles. The molecular formula is C12H20N4O8S. The normalized spacial score (nSPS) is 23.4. The van der Waals surface area contributed by atoms with Crippen molar-refractivity contribution < 1.29 is 36.4 Å². The molecule has 0 aromatic rings. The largest absolute Gasteiger partial charge is 0.443 e. The molecule has 0 aromatic heterocycles. The van der Waals surface area contributed by atoms with Gasteiger partial charge in [-0.05, 0) is 33.6 Å². The maximum absolute atomic E-state index is 12.2. The molecule has 2 heterocycles. The molecule has 2 saturated heterocycles. The Morgan fingerprint density at radius 3 is 2.44 bits per heavy atom. The van der Waals surface area contributed by atoms with E-state index in [0.29, 0.717) is 5.06 Å². The van der Waals surface area contributed by atoms with Crippen LogP contribution in [-0.4, -0.2) is 65.2 Å². The third-order valence-electron chi connectivity index (χ3n) is 3.49. The van der Waals surface area contributed by atoms with E-state index >= 15 is 0 Å². The number of carbonyl (C=O) groups excluding carboxylic acids is 3. The number of ether oxygens (including phenoxy) is 1. The summed E-state index contributed by atoms with van der Waals surface area (Å²) in [6, 6.07) is -2.39. The first-order valence-electron chi connectivity index (χ1n) is 7.43. The van der Waals surface area contributed by atoms with Gasteiger partial charge in [0.25, 0.3) is 5.91 Å². The van der Waals surface area contributed by atoms with Crippen LogP contribution < -0.4 is 10.9 Å². The minimum Gasteiger partial charge on any atom is -0.443 e. The molecule has 4 amide bonds. The predicted molar refractivity (Wildman–Crippen MR) is 80.9 cm³/mol. The molecule has 12 nitrogen and oxygen atoms in total. The number of nitrogens with zero attached hydrogens (tertiary/aromatic N) is 2. The number of hydrogen-bond acceptors (Lipinski definition) is 7. The Balaban J connectivity index is 1.95. The number of hydrazine groups is 1. The van der Waals surface area contributed by atoms with Gasteiger partial charge in [0.05, 0.1) is 6.04 Å². The van der Waals surface area contributed by atoms with Gasteiger partial charge in [0.15, 0.2) is 0 Å². The highest BCUT2D eigenvalue weighted by atomic mass is 32.3. The van der Waals surface area contributed by atoms with Gasteiger partial charge in [-0.2, -0.15) is 13.5 Å². The molecule has 2 atom stereocenters. The molecule has 2 fully saturated rings. The molecule has 0 spiro atoms. The third-order valence-corrected chi connectivity index (χ3v) is 3.84. The van der Waals surface area contributed by atoms with Crippen LogP contribution in [0.25, 0.3) is 0 Å². The maximum atomic E-state index is 12.2. The zero-order valence-corrected chi connectivity index (χ0v) is 14.7. The van der Waals surface area contributed by atoms with E-state index in [-0.39, 0.29) is 19.4 Å². The van der Waals surface area contributed by atoms with Crippen molar-refractivity contribution in [2.45, 2.75) is 51.3 Å². The van der Waals surface area contributed by atoms with Crippen LogP contribution >= 0.6 is 0 Å². The molecule has 13 heteroatoms. The lowest BCUT2D eigenvalue weighted by molar-refractivity contribution is -0.127. The molecular weight excluding hydrogens is 360 g/mol. The van der Waals surface area contributed by atoms with Crippen molar-refractivity contribution in [3.63, 3.8) is 0 Å². The average Bonchev–Trinajstić information content (AvgIpc) is 2.67. The molecule has 0 aromatic carbocycles. The van der Waals surface area contributed by atoms with Gasteiger partial charge in [-0.1, -0.05) is 0 Å². The first-order chi connectivity index (χ1) is 11.4. The van der Waals surface area contributed by atoms with Gasteiger partial charge in [0, 0.05) is 6.54 Å². The summed E-state index contributed by atoms with van der Waals surface area (Å²) in [6.45, 7) is 5.02. The number of hydrogen-bond donors (Lipinski definition) is 3. The standard InChI is InChI=1S/C12H20N4O8S/c1-12(2,3)23-10(18)14-13-9(17)8-5-4-7-6-15(8)11(19)16(7)24-25(20,21)22/h7-8H,4-6H2,1-3H3,(H,13,17)(H,14,18)(H,20,21,22)/t7-,8+/m1/s1. The second-order valence-corrected chi connectivity index (χ2v) is 7.63. The molecule has 0 radical (unpaired) electrons. The van der Waals surface area contributed by atoms with Crippen LogP contribution in [0.1, 0.15) is 33.6 Å². The van der Waals surface area contributed by atoms with Gasteiger partial charge in [-0.3, -0.25) is 14.8 Å². The minimum absolute atomic E-state index is 0.0544. The molecule has 2 aliphatic rings. The quantitative estimate of drug-likeness (QED) is 0.439. The fourth-order valence-electron chi connectivity index (χ4n) is 2.60. The highest BCUT2D eigenvalue weighted by Crippen LogP contribution is 2.30. The average molecular weight is 380 g/mol. The van der Waals surface area contributed by atoms with Crippen molar-refractivity contribution in [2.75, 3.05) is 6.54 Å². The van der Waals surface area contributed by atoms with Crippen molar-refractivity contribution in [1.82, 2.24) is 20.8 Å². The SMILES string of the molecule is CC(C)(C)OC(=O)NNC(=O)[C@@H]1CC[C@@H]2CN1C(=O)N2OS(=O)(=O)O. The maximum Gasteiger partial charge on any atom is 0.426 e. The summed E-state index contributed by atoms with van der Waals surface area (Å²) in [5.74, 6) is -0.661. The zero-order chi connectivity index (χ0) is 19.0. The number of piperidine rings is 1. The Morgan fingerprint density at radius 2 is 1.88 bits per heavy atom. The summed E-state index contributed by atoms with van der Waals surface area (Å²) < 4.78 is 39.6. The van der Waals surface area contributed by atoms with E-state index in [1.807, 2.05) is 0 Å². The number of carbonyl (C=O) groups is 3. The third kappa shape index (κ3) is 4.93.